The van der Waals surface area contributed by atoms with Crippen molar-refractivity contribution in [3.8, 4) is 28.7 Å². The fourth-order valence-corrected chi connectivity index (χ4v) is 3.29. The van der Waals surface area contributed by atoms with Crippen LogP contribution < -0.4 is 4.74 Å². The van der Waals surface area contributed by atoms with E-state index in [9.17, 15) is 4.39 Å². The molecule has 2 aromatic carbocycles. The van der Waals surface area contributed by atoms with Crippen LogP contribution in [0.15, 0.2) is 53.1 Å². The number of benzene rings is 2. The van der Waals surface area contributed by atoms with Gasteiger partial charge in [-0.25, -0.2) is 9.07 Å². The van der Waals surface area contributed by atoms with Crippen molar-refractivity contribution in [1.29, 1.82) is 0 Å². The first kappa shape index (κ1) is 17.5. The summed E-state index contributed by atoms with van der Waals surface area (Å²) in [4.78, 5) is 4.29. The van der Waals surface area contributed by atoms with Gasteiger partial charge in [0.1, 0.15) is 17.7 Å². The van der Waals surface area contributed by atoms with Crippen molar-refractivity contribution in [2.45, 2.75) is 19.3 Å². The summed E-state index contributed by atoms with van der Waals surface area (Å²) in [5.74, 6) is 0.677. The molecular weight excluding hydrogens is 377 g/mol. The Labute approximate surface area is 164 Å². The molecular formula is C20H16FN5O3. The van der Waals surface area contributed by atoms with Crippen LogP contribution >= 0.6 is 0 Å². The summed E-state index contributed by atoms with van der Waals surface area (Å²) >= 11 is 0. The van der Waals surface area contributed by atoms with Crippen LogP contribution in [0.3, 0.4) is 0 Å². The highest BCUT2D eigenvalue weighted by molar-refractivity contribution is 5.59. The van der Waals surface area contributed by atoms with E-state index in [0.717, 1.165) is 17.0 Å². The average Bonchev–Trinajstić information content (AvgIpc) is 3.40. The van der Waals surface area contributed by atoms with Crippen LogP contribution in [-0.4, -0.2) is 32.2 Å². The first-order chi connectivity index (χ1) is 14.2. The van der Waals surface area contributed by atoms with E-state index in [2.05, 4.69) is 20.5 Å². The fourth-order valence-electron chi connectivity index (χ4n) is 3.29. The molecule has 2 aromatic heterocycles. The third kappa shape index (κ3) is 3.15. The molecule has 9 heteroatoms. The zero-order valence-electron chi connectivity index (χ0n) is 15.4. The third-order valence-corrected chi connectivity index (χ3v) is 4.81. The number of methoxy groups -OCH3 is 1. The van der Waals surface area contributed by atoms with E-state index in [1.807, 2.05) is 24.3 Å². The number of rotatable bonds is 4. The molecule has 0 amide bonds. The second kappa shape index (κ2) is 7.10. The molecule has 0 N–H and O–H groups in total. The number of aromatic nitrogens is 5. The maximum absolute atomic E-state index is 14.0. The van der Waals surface area contributed by atoms with Gasteiger partial charge in [-0.1, -0.05) is 34.6 Å². The Hall–Kier alpha value is -3.59. The van der Waals surface area contributed by atoms with E-state index >= 15 is 0 Å². The van der Waals surface area contributed by atoms with Gasteiger partial charge >= 0.3 is 0 Å². The van der Waals surface area contributed by atoms with Crippen LogP contribution in [-0.2, 0) is 17.9 Å². The van der Waals surface area contributed by atoms with Gasteiger partial charge in [0.25, 0.3) is 5.89 Å². The molecule has 1 unspecified atom stereocenters. The lowest BCUT2D eigenvalue weighted by Gasteiger charge is -2.24. The van der Waals surface area contributed by atoms with E-state index < -0.39 is 5.82 Å². The van der Waals surface area contributed by atoms with E-state index in [1.54, 1.807) is 30.0 Å². The van der Waals surface area contributed by atoms with Crippen LogP contribution in [0.1, 0.15) is 17.4 Å². The van der Waals surface area contributed by atoms with Crippen molar-refractivity contribution in [3.63, 3.8) is 0 Å². The van der Waals surface area contributed by atoms with Gasteiger partial charge in [0.15, 0.2) is 5.69 Å². The van der Waals surface area contributed by atoms with Gasteiger partial charge in [-0.05, 0) is 29.8 Å². The number of hydrogen-bond donors (Lipinski definition) is 0. The Morgan fingerprint density at radius 2 is 2.07 bits per heavy atom. The van der Waals surface area contributed by atoms with Crippen molar-refractivity contribution in [2.24, 2.45) is 0 Å². The zero-order valence-corrected chi connectivity index (χ0v) is 15.4. The number of ether oxygens (including phenoxy) is 2. The summed E-state index contributed by atoms with van der Waals surface area (Å²) in [5.41, 5.74) is 2.42. The Morgan fingerprint density at radius 1 is 1.17 bits per heavy atom. The van der Waals surface area contributed by atoms with Gasteiger partial charge in [0.05, 0.1) is 31.5 Å². The molecule has 5 rings (SSSR count). The second-order valence-corrected chi connectivity index (χ2v) is 6.55. The highest BCUT2D eigenvalue weighted by Crippen LogP contribution is 2.32. The van der Waals surface area contributed by atoms with Crippen LogP contribution in [0.2, 0.25) is 0 Å². The second-order valence-electron chi connectivity index (χ2n) is 6.55. The Bertz CT molecular complexity index is 1170. The molecule has 29 heavy (non-hydrogen) atoms. The Kier molecular flexibility index (Phi) is 4.28. The minimum absolute atomic E-state index is 0.158. The van der Waals surface area contributed by atoms with Crippen LogP contribution in [0.25, 0.3) is 23.0 Å². The van der Waals surface area contributed by atoms with Gasteiger partial charge in [-0.3, -0.25) is 0 Å². The van der Waals surface area contributed by atoms with E-state index in [1.165, 1.54) is 6.07 Å². The molecule has 0 bridgehead atoms. The van der Waals surface area contributed by atoms with Crippen molar-refractivity contribution in [3.05, 3.63) is 65.6 Å². The van der Waals surface area contributed by atoms with Crippen LogP contribution in [0, 0.1) is 5.82 Å². The Morgan fingerprint density at radius 3 is 2.93 bits per heavy atom. The molecule has 1 aliphatic heterocycles. The average molecular weight is 393 g/mol. The molecule has 0 saturated heterocycles. The smallest absolute Gasteiger partial charge is 0.280 e. The number of nitrogens with zero attached hydrogens (tertiary/aromatic N) is 5. The first-order valence-electron chi connectivity index (χ1n) is 9.00. The van der Waals surface area contributed by atoms with Crippen molar-refractivity contribution < 1.29 is 18.4 Å². The summed E-state index contributed by atoms with van der Waals surface area (Å²) in [6.45, 7) is 0.769. The molecule has 146 valence electrons. The molecule has 0 spiro atoms. The molecule has 0 saturated carbocycles. The summed E-state index contributed by atoms with van der Waals surface area (Å²) in [6.07, 6.45) is -0.177. The van der Waals surface area contributed by atoms with Crippen LogP contribution in [0.4, 0.5) is 4.39 Å². The molecule has 8 nitrogen and oxygen atoms in total. The zero-order chi connectivity index (χ0) is 19.8. The maximum Gasteiger partial charge on any atom is 0.280 e. The van der Waals surface area contributed by atoms with Gasteiger partial charge in [-0.15, -0.1) is 5.10 Å². The standard InChI is InChI=1S/C20H16FN5O3/c1-27-13-6-4-5-12(9-13)17-10-26-16(11-28-17)18(23-25-26)20-22-19(24-29-20)14-7-2-3-8-15(14)21/h2-9,17H,10-11H2,1H3. The predicted octanol–water partition coefficient (Wildman–Crippen LogP) is 3.41. The highest BCUT2D eigenvalue weighted by atomic mass is 19.1. The van der Waals surface area contributed by atoms with Crippen molar-refractivity contribution >= 4 is 0 Å². The minimum Gasteiger partial charge on any atom is -0.497 e. The van der Waals surface area contributed by atoms with Gasteiger partial charge in [0.2, 0.25) is 5.82 Å². The summed E-state index contributed by atoms with van der Waals surface area (Å²) in [7, 11) is 1.63. The van der Waals surface area contributed by atoms with Gasteiger partial charge in [0, 0.05) is 0 Å². The third-order valence-electron chi connectivity index (χ3n) is 4.81. The molecule has 0 aliphatic carbocycles. The Balaban J connectivity index is 1.42. The molecule has 3 heterocycles. The number of fused-ring (bicyclic) bond motifs is 1. The lowest BCUT2D eigenvalue weighted by molar-refractivity contribution is -0.00127. The quantitative estimate of drug-likeness (QED) is 0.525. The minimum atomic E-state index is -0.422. The van der Waals surface area contributed by atoms with Crippen molar-refractivity contribution in [1.82, 2.24) is 25.1 Å². The number of hydrogen-bond acceptors (Lipinski definition) is 7. The fraction of sp³-hybridized carbons (Fsp3) is 0.200. The largest absolute Gasteiger partial charge is 0.497 e. The topological polar surface area (TPSA) is 88.1 Å². The van der Waals surface area contributed by atoms with E-state index in [4.69, 9.17) is 14.0 Å². The molecule has 0 radical (unpaired) electrons. The highest BCUT2D eigenvalue weighted by Gasteiger charge is 2.28. The van der Waals surface area contributed by atoms with Crippen LogP contribution in [0.5, 0.6) is 5.75 Å². The van der Waals surface area contributed by atoms with E-state index in [-0.39, 0.29) is 30.0 Å². The maximum atomic E-state index is 14.0. The van der Waals surface area contributed by atoms with E-state index in [0.29, 0.717) is 12.2 Å². The summed E-state index contributed by atoms with van der Waals surface area (Å²) < 4.78 is 32.3. The molecule has 1 atom stereocenters. The number of halogens is 1. The predicted molar refractivity (Wildman–Crippen MR) is 99.2 cm³/mol. The SMILES string of the molecule is COc1cccc(C2Cn3nnc(-c4nc(-c5ccccc5F)no4)c3CO2)c1. The molecule has 1 aliphatic rings. The summed E-state index contributed by atoms with van der Waals surface area (Å²) in [6, 6.07) is 14.0. The summed E-state index contributed by atoms with van der Waals surface area (Å²) in [5, 5.41) is 12.3. The van der Waals surface area contributed by atoms with Crippen molar-refractivity contribution in [2.75, 3.05) is 7.11 Å². The van der Waals surface area contributed by atoms with Gasteiger partial charge < -0.3 is 14.0 Å². The normalized spacial score (nSPS) is 15.9. The monoisotopic (exact) mass is 393 g/mol. The lowest BCUT2D eigenvalue weighted by Crippen LogP contribution is -2.22. The van der Waals surface area contributed by atoms with Gasteiger partial charge in [-0.2, -0.15) is 4.98 Å². The molecule has 0 fully saturated rings. The first-order valence-corrected chi connectivity index (χ1v) is 9.00. The molecule has 4 aromatic rings. The lowest BCUT2D eigenvalue weighted by atomic mass is 10.1.